The summed E-state index contributed by atoms with van der Waals surface area (Å²) >= 11 is 0. The maximum Gasteiger partial charge on any atom is 0.249 e. The average Bonchev–Trinajstić information content (AvgIpc) is 2.49. The number of pyridine rings is 1. The van der Waals surface area contributed by atoms with Crippen LogP contribution in [0.5, 0.6) is 0 Å². The Morgan fingerprint density at radius 3 is 1.86 bits per heavy atom. The molecular weight excluding hydrogens is 260 g/mol. The number of nitrogens with zero attached hydrogens (tertiary/aromatic N) is 1. The van der Waals surface area contributed by atoms with Gasteiger partial charge in [-0.05, 0) is 6.42 Å². The van der Waals surface area contributed by atoms with E-state index < -0.39 is 0 Å². The molecule has 1 rings (SSSR count). The first-order valence-electron chi connectivity index (χ1n) is 8.53. The molecule has 0 spiro atoms. The van der Waals surface area contributed by atoms with Gasteiger partial charge in [0.1, 0.15) is 6.54 Å². The van der Waals surface area contributed by atoms with E-state index in [1.54, 1.807) is 12.1 Å². The largest absolute Gasteiger partial charge is 0.366 e. The molecule has 0 saturated heterocycles. The lowest BCUT2D eigenvalue weighted by molar-refractivity contribution is -0.697. The van der Waals surface area contributed by atoms with Crippen LogP contribution in [0.15, 0.2) is 24.5 Å². The number of aryl methyl sites for hydroxylation is 1. The van der Waals surface area contributed by atoms with E-state index in [0.29, 0.717) is 5.56 Å². The lowest BCUT2D eigenvalue weighted by Crippen LogP contribution is -2.33. The molecule has 1 heterocycles. The first kappa shape index (κ1) is 17.7. The number of unbranched alkanes of at least 4 members (excludes halogenated alkanes) is 9. The monoisotopic (exact) mass is 291 g/mol. The lowest BCUT2D eigenvalue weighted by Gasteiger charge is -2.01. The van der Waals surface area contributed by atoms with Crippen molar-refractivity contribution >= 4 is 5.91 Å². The van der Waals surface area contributed by atoms with Gasteiger partial charge in [-0.15, -0.1) is 0 Å². The number of carbonyl (C=O) groups is 1. The predicted octanol–water partition coefficient (Wildman–Crippen LogP) is 3.99. The number of nitrogens with two attached hydrogens (primary N) is 1. The van der Waals surface area contributed by atoms with Gasteiger partial charge in [-0.25, -0.2) is 4.57 Å². The molecule has 0 atom stereocenters. The van der Waals surface area contributed by atoms with Crippen molar-refractivity contribution in [1.82, 2.24) is 0 Å². The minimum absolute atomic E-state index is 0.360. The zero-order valence-electron chi connectivity index (χ0n) is 13.5. The molecule has 21 heavy (non-hydrogen) atoms. The molecule has 0 aliphatic carbocycles. The van der Waals surface area contributed by atoms with Crippen LogP contribution in [0, 0.1) is 0 Å². The van der Waals surface area contributed by atoms with Gasteiger partial charge < -0.3 is 5.73 Å². The molecule has 2 N–H and O–H groups in total. The Bertz CT molecular complexity index is 387. The van der Waals surface area contributed by atoms with Crippen LogP contribution in [0.2, 0.25) is 0 Å². The number of amides is 1. The number of carbonyl (C=O) groups excluding carboxylic acids is 1. The Balaban J connectivity index is 1.98. The summed E-state index contributed by atoms with van der Waals surface area (Å²) in [7, 11) is 0. The van der Waals surface area contributed by atoms with Crippen molar-refractivity contribution in [3.8, 4) is 0 Å². The van der Waals surface area contributed by atoms with Crippen LogP contribution in [-0.4, -0.2) is 5.91 Å². The van der Waals surface area contributed by atoms with Crippen LogP contribution in [0.4, 0.5) is 0 Å². The Hall–Kier alpha value is -1.38. The van der Waals surface area contributed by atoms with Crippen LogP contribution >= 0.6 is 0 Å². The molecule has 0 radical (unpaired) electrons. The molecule has 0 bridgehead atoms. The summed E-state index contributed by atoms with van der Waals surface area (Å²) in [6.07, 6.45) is 17.4. The molecule has 118 valence electrons. The minimum Gasteiger partial charge on any atom is -0.366 e. The van der Waals surface area contributed by atoms with Crippen LogP contribution < -0.4 is 10.3 Å². The highest BCUT2D eigenvalue weighted by molar-refractivity contribution is 5.92. The van der Waals surface area contributed by atoms with Gasteiger partial charge in [0.15, 0.2) is 12.4 Å². The third kappa shape index (κ3) is 8.49. The normalized spacial score (nSPS) is 10.7. The standard InChI is InChI=1S/C18H30N2O/c1-2-3-4-5-6-7-8-9-10-11-14-20-15-12-17(13-16-20)18(19)21/h12-13,15-16H,2-11,14H2,1H3,(H-,19,21)/p+1. The van der Waals surface area contributed by atoms with Crippen molar-refractivity contribution in [2.45, 2.75) is 77.7 Å². The molecule has 0 unspecified atom stereocenters. The first-order chi connectivity index (χ1) is 10.2. The second-order valence-corrected chi connectivity index (χ2v) is 5.87. The number of hydrogen-bond donors (Lipinski definition) is 1. The Labute approximate surface area is 129 Å². The number of hydrogen-bond acceptors (Lipinski definition) is 1. The summed E-state index contributed by atoms with van der Waals surface area (Å²) < 4.78 is 2.12. The van der Waals surface area contributed by atoms with E-state index in [4.69, 9.17) is 5.73 Å². The smallest absolute Gasteiger partial charge is 0.249 e. The highest BCUT2D eigenvalue weighted by Gasteiger charge is 2.04. The van der Waals surface area contributed by atoms with Gasteiger partial charge in [0.25, 0.3) is 0 Å². The minimum atomic E-state index is -0.360. The van der Waals surface area contributed by atoms with Crippen molar-refractivity contribution in [2.75, 3.05) is 0 Å². The second-order valence-electron chi connectivity index (χ2n) is 5.87. The van der Waals surface area contributed by atoms with Gasteiger partial charge in [-0.1, -0.05) is 58.3 Å². The van der Waals surface area contributed by atoms with Gasteiger partial charge in [0, 0.05) is 18.6 Å². The van der Waals surface area contributed by atoms with E-state index in [-0.39, 0.29) is 5.91 Å². The summed E-state index contributed by atoms with van der Waals surface area (Å²) in [5, 5.41) is 0. The van der Waals surface area contributed by atoms with E-state index >= 15 is 0 Å². The first-order valence-corrected chi connectivity index (χ1v) is 8.53. The molecule has 0 fully saturated rings. The van der Waals surface area contributed by atoms with Crippen molar-refractivity contribution in [3.05, 3.63) is 30.1 Å². The van der Waals surface area contributed by atoms with Crippen molar-refractivity contribution in [2.24, 2.45) is 5.73 Å². The Kier molecular flexibility index (Phi) is 9.51. The van der Waals surface area contributed by atoms with Gasteiger partial charge in [-0.3, -0.25) is 4.79 Å². The van der Waals surface area contributed by atoms with Gasteiger partial charge in [0.2, 0.25) is 5.91 Å². The quantitative estimate of drug-likeness (QED) is 0.459. The van der Waals surface area contributed by atoms with E-state index in [2.05, 4.69) is 11.5 Å². The van der Waals surface area contributed by atoms with Gasteiger partial charge in [-0.2, -0.15) is 0 Å². The summed E-state index contributed by atoms with van der Waals surface area (Å²) in [6, 6.07) is 3.58. The van der Waals surface area contributed by atoms with Crippen LogP contribution in [0.25, 0.3) is 0 Å². The van der Waals surface area contributed by atoms with Crippen molar-refractivity contribution < 1.29 is 9.36 Å². The van der Waals surface area contributed by atoms with Crippen molar-refractivity contribution in [3.63, 3.8) is 0 Å². The molecule has 0 aliphatic rings. The third-order valence-corrected chi connectivity index (χ3v) is 3.95. The molecule has 1 aromatic heterocycles. The van der Waals surface area contributed by atoms with Gasteiger partial charge in [0.05, 0.1) is 5.56 Å². The van der Waals surface area contributed by atoms with Crippen molar-refractivity contribution in [1.29, 1.82) is 0 Å². The molecule has 0 saturated carbocycles. The van der Waals surface area contributed by atoms with Crippen LogP contribution in [0.1, 0.15) is 81.5 Å². The summed E-state index contributed by atoms with van der Waals surface area (Å²) in [5.74, 6) is -0.360. The summed E-state index contributed by atoms with van der Waals surface area (Å²) in [4.78, 5) is 11.0. The number of primary amides is 1. The van der Waals surface area contributed by atoms with E-state index in [9.17, 15) is 4.79 Å². The SMILES string of the molecule is CCCCCCCCCCCC[n+]1ccc(C(N)=O)cc1. The molecule has 0 aliphatic heterocycles. The fourth-order valence-electron chi connectivity index (χ4n) is 2.55. The molecule has 1 amide bonds. The third-order valence-electron chi connectivity index (χ3n) is 3.95. The van der Waals surface area contributed by atoms with E-state index in [0.717, 1.165) is 6.54 Å². The number of rotatable bonds is 12. The topological polar surface area (TPSA) is 47.0 Å². The zero-order chi connectivity index (χ0) is 15.3. The fourth-order valence-corrected chi connectivity index (χ4v) is 2.55. The maximum atomic E-state index is 11.0. The molecule has 1 aromatic rings. The van der Waals surface area contributed by atoms with Crippen LogP contribution in [-0.2, 0) is 6.54 Å². The van der Waals surface area contributed by atoms with E-state index in [1.165, 1.54) is 64.2 Å². The Morgan fingerprint density at radius 2 is 1.38 bits per heavy atom. The molecule has 0 aromatic carbocycles. The van der Waals surface area contributed by atoms with E-state index in [1.807, 2.05) is 12.4 Å². The Morgan fingerprint density at radius 1 is 0.905 bits per heavy atom. The average molecular weight is 291 g/mol. The predicted molar refractivity (Wildman–Crippen MR) is 87.0 cm³/mol. The summed E-state index contributed by atoms with van der Waals surface area (Å²) in [5.41, 5.74) is 5.80. The lowest BCUT2D eigenvalue weighted by atomic mass is 10.1. The highest BCUT2D eigenvalue weighted by atomic mass is 16.1. The molecular formula is C18H31N2O+. The second kappa shape index (κ2) is 11.3. The van der Waals surface area contributed by atoms with Crippen LogP contribution in [0.3, 0.4) is 0 Å². The highest BCUT2D eigenvalue weighted by Crippen LogP contribution is 2.10. The molecule has 3 heteroatoms. The zero-order valence-corrected chi connectivity index (χ0v) is 13.5. The fraction of sp³-hybridized carbons (Fsp3) is 0.667. The number of aromatic nitrogens is 1. The maximum absolute atomic E-state index is 11.0. The summed E-state index contributed by atoms with van der Waals surface area (Å²) in [6.45, 7) is 3.29. The van der Waals surface area contributed by atoms with Gasteiger partial charge >= 0.3 is 0 Å². The molecule has 3 nitrogen and oxygen atoms in total.